The Kier molecular flexibility index (Phi) is 4.39. The van der Waals surface area contributed by atoms with Crippen molar-refractivity contribution in [2.24, 2.45) is 22.7 Å². The largest absolute Gasteiger partial charge is 0.480 e. The minimum Gasteiger partial charge on any atom is -0.480 e. The van der Waals surface area contributed by atoms with Gasteiger partial charge in [-0.15, -0.1) is 0 Å². The number of hydrogen-bond donors (Lipinski definition) is 2. The molecule has 0 spiro atoms. The van der Waals surface area contributed by atoms with E-state index in [4.69, 9.17) is 0 Å². The number of halogens is 2. The molecule has 0 aromatic carbocycles. The number of carbonyl (C=O) groups excluding carboxylic acids is 2. The van der Waals surface area contributed by atoms with Gasteiger partial charge >= 0.3 is 12.4 Å². The molecule has 2 amide bonds. The summed E-state index contributed by atoms with van der Waals surface area (Å²) in [6.45, 7) is 9.10. The molecule has 136 valence electrons. The fourth-order valence-corrected chi connectivity index (χ4v) is 3.82. The van der Waals surface area contributed by atoms with Crippen LogP contribution >= 0.6 is 0 Å². The van der Waals surface area contributed by atoms with Gasteiger partial charge in [0, 0.05) is 12.5 Å². The van der Waals surface area contributed by atoms with Crippen molar-refractivity contribution >= 4 is 17.8 Å². The first kappa shape index (κ1) is 18.6. The standard InChI is InChI=1S/C16H24F2N2O4/c1-15(2,3)10(19-12(21)11(17)18)13(22)20-6-7-8(16(7,4)5)9(20)14(23)24/h7-11H,6H2,1-5H3,(H,19,21)(H,23,24)/t7-,8-,9-,10?/m0/s1. The van der Waals surface area contributed by atoms with Crippen molar-refractivity contribution in [2.75, 3.05) is 6.54 Å². The summed E-state index contributed by atoms with van der Waals surface area (Å²) in [6.07, 6.45) is -3.23. The lowest BCUT2D eigenvalue weighted by atomic mass is 9.85. The number of likely N-dealkylation sites (tertiary alicyclic amines) is 1. The highest BCUT2D eigenvalue weighted by Gasteiger charge is 2.70. The second kappa shape index (κ2) is 5.67. The number of carbonyl (C=O) groups is 3. The zero-order chi connectivity index (χ0) is 18.6. The number of carboxylic acids is 1. The average molecular weight is 346 g/mol. The van der Waals surface area contributed by atoms with Crippen LogP contribution in [0.25, 0.3) is 0 Å². The Bertz CT molecular complexity index is 571. The number of nitrogens with zero attached hydrogens (tertiary/aromatic N) is 1. The van der Waals surface area contributed by atoms with Crippen molar-refractivity contribution in [1.29, 1.82) is 0 Å². The Balaban J connectivity index is 2.24. The summed E-state index contributed by atoms with van der Waals surface area (Å²) in [4.78, 5) is 37.1. The van der Waals surface area contributed by atoms with E-state index in [0.29, 0.717) is 0 Å². The lowest BCUT2D eigenvalue weighted by Gasteiger charge is -2.36. The first-order valence-electron chi connectivity index (χ1n) is 7.92. The third kappa shape index (κ3) is 2.98. The number of hydrogen-bond acceptors (Lipinski definition) is 3. The van der Waals surface area contributed by atoms with Crippen LogP contribution in [0.4, 0.5) is 8.78 Å². The predicted molar refractivity (Wildman–Crippen MR) is 81.3 cm³/mol. The molecule has 1 heterocycles. The zero-order valence-corrected chi connectivity index (χ0v) is 14.5. The third-order valence-corrected chi connectivity index (χ3v) is 5.34. The number of carboxylic acid groups (broad SMARTS) is 1. The highest BCUT2D eigenvalue weighted by molar-refractivity contribution is 5.92. The maximum atomic E-state index is 12.8. The van der Waals surface area contributed by atoms with Crippen LogP contribution in [-0.4, -0.2) is 52.8 Å². The van der Waals surface area contributed by atoms with E-state index < -0.39 is 41.7 Å². The average Bonchev–Trinajstić information content (AvgIpc) is 2.82. The highest BCUT2D eigenvalue weighted by atomic mass is 19.3. The molecule has 8 heteroatoms. The van der Waals surface area contributed by atoms with E-state index in [-0.39, 0.29) is 23.8 Å². The van der Waals surface area contributed by atoms with Gasteiger partial charge in [-0.1, -0.05) is 34.6 Å². The van der Waals surface area contributed by atoms with E-state index in [0.717, 1.165) is 0 Å². The first-order valence-corrected chi connectivity index (χ1v) is 7.92. The minimum atomic E-state index is -3.23. The molecule has 0 radical (unpaired) electrons. The SMILES string of the molecule is CC(C)(C)C(NC(=O)C(F)F)C(=O)N1C[C@H]2[C@@H]([C@H]1C(=O)O)C2(C)C. The molecule has 4 atom stereocenters. The second-order valence-electron chi connectivity index (χ2n) is 8.34. The van der Waals surface area contributed by atoms with E-state index in [2.05, 4.69) is 5.32 Å². The van der Waals surface area contributed by atoms with Crippen LogP contribution < -0.4 is 5.32 Å². The zero-order valence-electron chi connectivity index (χ0n) is 14.5. The number of amides is 2. The van der Waals surface area contributed by atoms with Crippen molar-refractivity contribution in [3.05, 3.63) is 0 Å². The Hall–Kier alpha value is -1.73. The first-order chi connectivity index (χ1) is 10.8. The van der Waals surface area contributed by atoms with Gasteiger partial charge in [0.2, 0.25) is 5.91 Å². The van der Waals surface area contributed by atoms with Gasteiger partial charge in [0.05, 0.1) is 0 Å². The molecule has 0 bridgehead atoms. The van der Waals surface area contributed by atoms with E-state index in [1.807, 2.05) is 13.8 Å². The topological polar surface area (TPSA) is 86.7 Å². The fraction of sp³-hybridized carbons (Fsp3) is 0.812. The van der Waals surface area contributed by atoms with Crippen LogP contribution in [-0.2, 0) is 14.4 Å². The van der Waals surface area contributed by atoms with Crippen molar-refractivity contribution < 1.29 is 28.3 Å². The lowest BCUT2D eigenvalue weighted by Crippen LogP contribution is -2.58. The Labute approximate surface area is 139 Å². The molecule has 1 saturated carbocycles. The molecule has 1 aliphatic carbocycles. The molecule has 0 aromatic rings. The summed E-state index contributed by atoms with van der Waals surface area (Å²) in [5, 5.41) is 11.6. The lowest BCUT2D eigenvalue weighted by molar-refractivity contribution is -0.153. The molecule has 1 aliphatic heterocycles. The fourth-order valence-electron chi connectivity index (χ4n) is 3.82. The molecule has 0 aromatic heterocycles. The van der Waals surface area contributed by atoms with Crippen LogP contribution in [0, 0.1) is 22.7 Å². The van der Waals surface area contributed by atoms with E-state index in [1.165, 1.54) is 4.90 Å². The van der Waals surface area contributed by atoms with Gasteiger partial charge in [-0.2, -0.15) is 8.78 Å². The molecule has 2 aliphatic rings. The van der Waals surface area contributed by atoms with Crippen LogP contribution in [0.1, 0.15) is 34.6 Å². The molecule has 2 N–H and O–H groups in total. The van der Waals surface area contributed by atoms with Gasteiger partial charge in [0.15, 0.2) is 0 Å². The van der Waals surface area contributed by atoms with Crippen LogP contribution in [0.15, 0.2) is 0 Å². The molecule has 1 unspecified atom stereocenters. The van der Waals surface area contributed by atoms with Gasteiger partial charge in [0.1, 0.15) is 12.1 Å². The second-order valence-corrected chi connectivity index (χ2v) is 8.34. The molecule has 6 nitrogen and oxygen atoms in total. The Morgan fingerprint density at radius 3 is 2.21 bits per heavy atom. The van der Waals surface area contributed by atoms with Crippen LogP contribution in [0.2, 0.25) is 0 Å². The summed E-state index contributed by atoms with van der Waals surface area (Å²) < 4.78 is 25.1. The van der Waals surface area contributed by atoms with Crippen molar-refractivity contribution in [3.63, 3.8) is 0 Å². The number of alkyl halides is 2. The maximum absolute atomic E-state index is 12.8. The van der Waals surface area contributed by atoms with Gasteiger partial charge in [-0.05, 0) is 16.7 Å². The van der Waals surface area contributed by atoms with Gasteiger partial charge in [-0.25, -0.2) is 4.79 Å². The van der Waals surface area contributed by atoms with Crippen molar-refractivity contribution in [3.8, 4) is 0 Å². The Morgan fingerprint density at radius 1 is 1.25 bits per heavy atom. The number of nitrogens with one attached hydrogen (secondary N) is 1. The Morgan fingerprint density at radius 2 is 1.79 bits per heavy atom. The summed E-state index contributed by atoms with van der Waals surface area (Å²) in [7, 11) is 0. The van der Waals surface area contributed by atoms with E-state index in [9.17, 15) is 28.3 Å². The highest BCUT2D eigenvalue weighted by Crippen LogP contribution is 2.64. The number of aliphatic carboxylic acids is 1. The van der Waals surface area contributed by atoms with Gasteiger partial charge in [-0.3, -0.25) is 9.59 Å². The number of fused-ring (bicyclic) bond motifs is 1. The van der Waals surface area contributed by atoms with Gasteiger partial charge < -0.3 is 15.3 Å². The summed E-state index contributed by atoms with van der Waals surface area (Å²) in [5.41, 5.74) is -0.976. The van der Waals surface area contributed by atoms with Crippen molar-refractivity contribution in [2.45, 2.75) is 53.1 Å². The summed E-state index contributed by atoms with van der Waals surface area (Å²) in [6, 6.07) is -2.19. The van der Waals surface area contributed by atoms with E-state index >= 15 is 0 Å². The van der Waals surface area contributed by atoms with Crippen LogP contribution in [0.3, 0.4) is 0 Å². The number of piperidine rings is 1. The molecule has 2 fully saturated rings. The molecular weight excluding hydrogens is 322 g/mol. The maximum Gasteiger partial charge on any atom is 0.326 e. The normalized spacial score (nSPS) is 29.2. The third-order valence-electron chi connectivity index (χ3n) is 5.34. The summed E-state index contributed by atoms with van der Waals surface area (Å²) >= 11 is 0. The summed E-state index contributed by atoms with van der Waals surface area (Å²) in [5.74, 6) is -3.32. The number of rotatable bonds is 4. The van der Waals surface area contributed by atoms with E-state index in [1.54, 1.807) is 20.8 Å². The molecular formula is C16H24F2N2O4. The molecule has 2 rings (SSSR count). The predicted octanol–water partition coefficient (Wildman–Crippen LogP) is 1.35. The smallest absolute Gasteiger partial charge is 0.326 e. The van der Waals surface area contributed by atoms with Crippen LogP contribution in [0.5, 0.6) is 0 Å². The molecule has 24 heavy (non-hydrogen) atoms. The van der Waals surface area contributed by atoms with Crippen molar-refractivity contribution in [1.82, 2.24) is 10.2 Å². The minimum absolute atomic E-state index is 0.0777. The quantitative estimate of drug-likeness (QED) is 0.804. The molecule has 1 saturated heterocycles. The van der Waals surface area contributed by atoms with Gasteiger partial charge in [0.25, 0.3) is 5.91 Å². The monoisotopic (exact) mass is 346 g/mol.